The lowest BCUT2D eigenvalue weighted by Crippen LogP contribution is -2.20. The molecule has 1 aromatic rings. The summed E-state index contributed by atoms with van der Waals surface area (Å²) in [6, 6.07) is 0. The molecule has 0 spiro atoms. The monoisotopic (exact) mass is 349 g/mol. The van der Waals surface area contributed by atoms with Crippen molar-refractivity contribution >= 4 is 21.9 Å². The third-order valence-corrected chi connectivity index (χ3v) is 2.54. The van der Waals surface area contributed by atoms with Crippen LogP contribution < -0.4 is 4.74 Å². The third-order valence-electron chi connectivity index (χ3n) is 1.91. The van der Waals surface area contributed by atoms with Gasteiger partial charge in [-0.05, 0) is 15.9 Å². The summed E-state index contributed by atoms with van der Waals surface area (Å²) < 4.78 is 64.9. The lowest BCUT2D eigenvalue weighted by molar-refractivity contribution is -0.275. The summed E-state index contributed by atoms with van der Waals surface area (Å²) in [6.07, 6.45) is -8.86. The van der Waals surface area contributed by atoms with Crippen molar-refractivity contribution in [2.24, 2.45) is 0 Å². The Morgan fingerprint density at radius 3 is 2.47 bits per heavy atom. The van der Waals surface area contributed by atoms with E-state index in [1.54, 1.807) is 0 Å². The van der Waals surface area contributed by atoms with Crippen molar-refractivity contribution in [3.05, 3.63) is 21.9 Å². The molecule has 19 heavy (non-hydrogen) atoms. The minimum Gasteiger partial charge on any atom is -0.481 e. The predicted octanol–water partition coefficient (Wildman–Crippen LogP) is 3.31. The Kier molecular flexibility index (Phi) is 4.66. The fraction of sp³-hybridized carbons (Fsp3) is 0.333. The van der Waals surface area contributed by atoms with Crippen LogP contribution in [0.2, 0.25) is 0 Å². The number of aliphatic carboxylic acids is 1. The summed E-state index contributed by atoms with van der Waals surface area (Å²) in [5.41, 5.74) is -1.72. The molecule has 0 atom stereocenters. The summed E-state index contributed by atoms with van der Waals surface area (Å²) in [6.45, 7) is 0. The predicted molar refractivity (Wildman–Crippen MR) is 54.9 cm³/mol. The molecule has 1 heterocycles. The largest absolute Gasteiger partial charge is 0.573 e. The maximum absolute atomic E-state index is 12.8. The van der Waals surface area contributed by atoms with Gasteiger partial charge in [-0.2, -0.15) is 0 Å². The van der Waals surface area contributed by atoms with Gasteiger partial charge in [-0.1, -0.05) is 0 Å². The van der Waals surface area contributed by atoms with E-state index in [2.05, 4.69) is 25.7 Å². The molecule has 0 saturated carbocycles. The van der Waals surface area contributed by atoms with Crippen LogP contribution in [-0.2, 0) is 11.2 Å². The zero-order chi connectivity index (χ0) is 14.8. The molecular formula is C9H5BrF5NO3. The fourth-order valence-electron chi connectivity index (χ4n) is 1.29. The zero-order valence-corrected chi connectivity index (χ0v) is 10.4. The van der Waals surface area contributed by atoms with Gasteiger partial charge in [0, 0.05) is 5.56 Å². The van der Waals surface area contributed by atoms with Crippen molar-refractivity contribution in [1.29, 1.82) is 0 Å². The van der Waals surface area contributed by atoms with Crippen molar-refractivity contribution in [2.75, 3.05) is 0 Å². The number of nitrogens with zero attached hydrogens (tertiary/aromatic N) is 1. The number of ether oxygens (including phenoxy) is 1. The smallest absolute Gasteiger partial charge is 0.481 e. The molecule has 0 aliphatic rings. The Hall–Kier alpha value is -1.45. The molecule has 0 saturated heterocycles. The van der Waals surface area contributed by atoms with E-state index < -0.39 is 46.7 Å². The second kappa shape index (κ2) is 5.68. The highest BCUT2D eigenvalue weighted by Gasteiger charge is 2.34. The molecular weight excluding hydrogens is 345 g/mol. The van der Waals surface area contributed by atoms with Gasteiger partial charge in [0.2, 0.25) is 0 Å². The van der Waals surface area contributed by atoms with Gasteiger partial charge in [0.25, 0.3) is 6.43 Å². The first-order valence-corrected chi connectivity index (χ1v) is 5.34. The Labute approximate surface area is 111 Å². The number of hydrogen-bond donors (Lipinski definition) is 1. The molecule has 4 nitrogen and oxygen atoms in total. The molecule has 0 aliphatic heterocycles. The molecule has 106 valence electrons. The van der Waals surface area contributed by atoms with Crippen molar-refractivity contribution in [2.45, 2.75) is 19.2 Å². The number of rotatable bonds is 4. The SMILES string of the molecule is O=C(O)Cc1c(OC(F)(F)F)cnc(Br)c1C(F)F. The maximum Gasteiger partial charge on any atom is 0.573 e. The van der Waals surface area contributed by atoms with Gasteiger partial charge in [0.15, 0.2) is 5.75 Å². The Morgan fingerprint density at radius 1 is 1.47 bits per heavy atom. The van der Waals surface area contributed by atoms with E-state index in [0.717, 1.165) is 0 Å². The normalized spacial score (nSPS) is 11.7. The van der Waals surface area contributed by atoms with Crippen molar-refractivity contribution in [3.63, 3.8) is 0 Å². The molecule has 1 aromatic heterocycles. The number of halogens is 6. The van der Waals surface area contributed by atoms with Crippen LogP contribution in [0.3, 0.4) is 0 Å². The van der Waals surface area contributed by atoms with Gasteiger partial charge in [-0.25, -0.2) is 13.8 Å². The third kappa shape index (κ3) is 4.30. The highest BCUT2D eigenvalue weighted by molar-refractivity contribution is 9.10. The van der Waals surface area contributed by atoms with Gasteiger partial charge >= 0.3 is 12.3 Å². The first kappa shape index (κ1) is 15.6. The molecule has 10 heteroatoms. The first-order chi connectivity index (χ1) is 8.61. The van der Waals surface area contributed by atoms with E-state index in [-0.39, 0.29) is 0 Å². The van der Waals surface area contributed by atoms with E-state index in [1.807, 2.05) is 0 Å². The number of pyridine rings is 1. The van der Waals surface area contributed by atoms with E-state index in [9.17, 15) is 26.7 Å². The maximum atomic E-state index is 12.8. The summed E-state index contributed by atoms with van der Waals surface area (Å²) in [5, 5.41) is 8.57. The minimum atomic E-state index is -5.14. The van der Waals surface area contributed by atoms with Crippen LogP contribution in [0, 0.1) is 0 Å². The van der Waals surface area contributed by atoms with Crippen LogP contribution in [-0.4, -0.2) is 22.4 Å². The molecule has 0 fully saturated rings. The van der Waals surface area contributed by atoms with Crippen LogP contribution in [0.5, 0.6) is 5.75 Å². The molecule has 1 rings (SSSR count). The van der Waals surface area contributed by atoms with Crippen LogP contribution in [0.1, 0.15) is 17.6 Å². The standard InChI is InChI=1S/C9H5BrF5NO3/c10-7-6(8(11)12)3(1-5(17)18)4(2-16-7)19-9(13,14)15/h2,8H,1H2,(H,17,18). The van der Waals surface area contributed by atoms with Crippen LogP contribution >= 0.6 is 15.9 Å². The molecule has 1 N–H and O–H groups in total. The summed E-state index contributed by atoms with van der Waals surface area (Å²) in [7, 11) is 0. The number of carbonyl (C=O) groups is 1. The number of aromatic nitrogens is 1. The second-order valence-electron chi connectivity index (χ2n) is 3.22. The van der Waals surface area contributed by atoms with Gasteiger partial charge in [0.1, 0.15) is 4.60 Å². The van der Waals surface area contributed by atoms with E-state index in [0.29, 0.717) is 6.20 Å². The molecule has 0 bridgehead atoms. The molecule has 0 unspecified atom stereocenters. The molecule has 0 amide bonds. The quantitative estimate of drug-likeness (QED) is 0.669. The molecule has 0 aromatic carbocycles. The van der Waals surface area contributed by atoms with Gasteiger partial charge in [-0.3, -0.25) is 4.79 Å². The number of carboxylic acid groups (broad SMARTS) is 1. The minimum absolute atomic E-state index is 0.437. The molecule has 0 aliphatic carbocycles. The number of alkyl halides is 5. The average Bonchev–Trinajstić information content (AvgIpc) is 2.19. The van der Waals surface area contributed by atoms with E-state index in [4.69, 9.17) is 5.11 Å². The average molecular weight is 350 g/mol. The second-order valence-corrected chi connectivity index (χ2v) is 3.98. The van der Waals surface area contributed by atoms with Crippen molar-refractivity contribution in [3.8, 4) is 5.75 Å². The summed E-state index contributed by atoms with van der Waals surface area (Å²) >= 11 is 2.63. The van der Waals surface area contributed by atoms with E-state index in [1.165, 1.54) is 0 Å². The van der Waals surface area contributed by atoms with Gasteiger partial charge in [0.05, 0.1) is 18.2 Å². The number of hydrogen-bond acceptors (Lipinski definition) is 3. The number of carboxylic acids is 1. The van der Waals surface area contributed by atoms with Crippen LogP contribution in [0.15, 0.2) is 10.8 Å². The first-order valence-electron chi connectivity index (χ1n) is 4.54. The van der Waals surface area contributed by atoms with Gasteiger partial charge < -0.3 is 9.84 Å². The Balaban J connectivity index is 3.38. The fourth-order valence-corrected chi connectivity index (χ4v) is 1.80. The van der Waals surface area contributed by atoms with Gasteiger partial charge in [-0.15, -0.1) is 13.2 Å². The van der Waals surface area contributed by atoms with Crippen molar-refractivity contribution < 1.29 is 36.6 Å². The van der Waals surface area contributed by atoms with Crippen LogP contribution in [0.4, 0.5) is 22.0 Å². The Bertz CT molecular complexity index is 491. The highest BCUT2D eigenvalue weighted by Crippen LogP contribution is 2.36. The van der Waals surface area contributed by atoms with E-state index >= 15 is 0 Å². The Morgan fingerprint density at radius 2 is 2.05 bits per heavy atom. The molecule has 0 radical (unpaired) electrons. The summed E-state index contributed by atoms with van der Waals surface area (Å²) in [5.74, 6) is -2.64. The highest BCUT2D eigenvalue weighted by atomic mass is 79.9. The topological polar surface area (TPSA) is 59.4 Å². The van der Waals surface area contributed by atoms with Crippen molar-refractivity contribution in [1.82, 2.24) is 4.98 Å². The summed E-state index contributed by atoms with van der Waals surface area (Å²) in [4.78, 5) is 13.8. The zero-order valence-electron chi connectivity index (χ0n) is 8.84. The lowest BCUT2D eigenvalue weighted by Gasteiger charge is -2.16. The lowest BCUT2D eigenvalue weighted by atomic mass is 10.1. The van der Waals surface area contributed by atoms with Crippen LogP contribution in [0.25, 0.3) is 0 Å².